The topological polar surface area (TPSA) is 144 Å². The number of carbonyl (C=O) groups is 2. The number of methoxy groups -OCH3 is 4. The molecule has 0 aliphatic heterocycles. The molecule has 2 aromatic carbocycles. The van der Waals surface area contributed by atoms with E-state index in [1.807, 2.05) is 23.6 Å². The SMILES string of the molecule is COc1ccc(-c2csnc2-c2cc(OC)c(OC)c(OC)c2)cc1NC(=O)[C@@H]([NH3+])CC(=O)O.[Cl-]. The van der Waals surface area contributed by atoms with Gasteiger partial charge < -0.3 is 47.5 Å². The second-order valence-electron chi connectivity index (χ2n) is 7.19. The third-order valence-electron chi connectivity index (χ3n) is 5.07. The number of anilines is 1. The molecule has 1 amide bonds. The molecule has 0 aliphatic carbocycles. The van der Waals surface area contributed by atoms with Gasteiger partial charge in [0.1, 0.15) is 12.2 Å². The molecule has 0 fully saturated rings. The molecule has 35 heavy (non-hydrogen) atoms. The number of rotatable bonds is 10. The minimum Gasteiger partial charge on any atom is -1.00 e. The van der Waals surface area contributed by atoms with Crippen molar-refractivity contribution in [3.63, 3.8) is 0 Å². The number of benzene rings is 2. The molecule has 0 saturated carbocycles. The maximum atomic E-state index is 12.5. The molecule has 0 radical (unpaired) electrons. The summed E-state index contributed by atoms with van der Waals surface area (Å²) in [7, 11) is 6.11. The maximum Gasteiger partial charge on any atom is 0.309 e. The molecule has 0 unspecified atom stereocenters. The van der Waals surface area contributed by atoms with E-state index in [-0.39, 0.29) is 18.8 Å². The number of hydrogen-bond acceptors (Lipinski definition) is 8. The molecule has 1 heterocycles. The van der Waals surface area contributed by atoms with Crippen molar-refractivity contribution in [2.75, 3.05) is 33.8 Å². The molecular formula is C23H26ClN3O7S. The third-order valence-corrected chi connectivity index (χ3v) is 5.70. The number of carbonyl (C=O) groups excluding carboxylic acids is 1. The van der Waals surface area contributed by atoms with E-state index in [0.29, 0.717) is 34.4 Å². The summed E-state index contributed by atoms with van der Waals surface area (Å²) in [6, 6.07) is 7.98. The molecule has 3 rings (SSSR count). The van der Waals surface area contributed by atoms with Crippen molar-refractivity contribution in [2.24, 2.45) is 0 Å². The number of halogens is 1. The standard InChI is InChI=1S/C23H25N3O7S.ClH/c1-30-17-6-5-12(7-16(17)25-23(29)15(24)10-20(27)28)14-11-34-26-21(14)13-8-18(31-2)22(33-4)19(9-13)32-3;/h5-9,11,15H,10,24H2,1-4H3,(H,25,29)(H,27,28);1H/t15-;/m0./s1. The Morgan fingerprint density at radius 2 is 1.63 bits per heavy atom. The molecule has 12 heteroatoms. The van der Waals surface area contributed by atoms with Crippen LogP contribution in [0.3, 0.4) is 0 Å². The number of nitrogens with zero attached hydrogens (tertiary/aromatic N) is 1. The number of aliphatic carboxylic acids is 1. The van der Waals surface area contributed by atoms with Crippen LogP contribution in [0.25, 0.3) is 22.4 Å². The van der Waals surface area contributed by atoms with E-state index in [1.54, 1.807) is 26.4 Å². The van der Waals surface area contributed by atoms with Gasteiger partial charge >= 0.3 is 5.97 Å². The first-order chi connectivity index (χ1) is 16.3. The zero-order valence-electron chi connectivity index (χ0n) is 19.6. The number of carboxylic acids is 1. The molecule has 5 N–H and O–H groups in total. The minimum absolute atomic E-state index is 0. The van der Waals surface area contributed by atoms with E-state index in [9.17, 15) is 9.59 Å². The zero-order valence-corrected chi connectivity index (χ0v) is 21.2. The monoisotopic (exact) mass is 523 g/mol. The average Bonchev–Trinajstić information content (AvgIpc) is 3.32. The molecular weight excluding hydrogens is 498 g/mol. The first-order valence-corrected chi connectivity index (χ1v) is 10.9. The fourth-order valence-electron chi connectivity index (χ4n) is 3.38. The predicted molar refractivity (Wildman–Crippen MR) is 127 cm³/mol. The summed E-state index contributed by atoms with van der Waals surface area (Å²) in [6.45, 7) is 0. The molecule has 0 saturated heterocycles. The first kappa shape index (κ1) is 27.7. The van der Waals surface area contributed by atoms with Gasteiger partial charge in [-0.05, 0) is 41.4 Å². The summed E-state index contributed by atoms with van der Waals surface area (Å²) in [5.41, 5.74) is 7.05. The summed E-state index contributed by atoms with van der Waals surface area (Å²) in [4.78, 5) is 23.4. The van der Waals surface area contributed by atoms with Crippen LogP contribution in [-0.2, 0) is 9.59 Å². The van der Waals surface area contributed by atoms with E-state index in [0.717, 1.165) is 16.7 Å². The Hall–Kier alpha value is -3.54. The van der Waals surface area contributed by atoms with Gasteiger partial charge in [-0.15, -0.1) is 0 Å². The second-order valence-corrected chi connectivity index (χ2v) is 7.82. The third kappa shape index (κ3) is 6.13. The number of quaternary nitrogens is 1. The van der Waals surface area contributed by atoms with Crippen molar-refractivity contribution in [1.29, 1.82) is 0 Å². The number of aromatic nitrogens is 1. The lowest BCUT2D eigenvalue weighted by Gasteiger charge is -2.15. The number of amides is 1. The summed E-state index contributed by atoms with van der Waals surface area (Å²) in [5.74, 6) is 0.277. The van der Waals surface area contributed by atoms with Crippen molar-refractivity contribution in [3.8, 4) is 45.4 Å². The number of hydrogen-bond donors (Lipinski definition) is 3. The number of ether oxygens (including phenoxy) is 4. The maximum absolute atomic E-state index is 12.5. The summed E-state index contributed by atoms with van der Waals surface area (Å²) >= 11 is 1.28. The second kappa shape index (κ2) is 12.2. The fourth-order valence-corrected chi connectivity index (χ4v) is 4.09. The lowest BCUT2D eigenvalue weighted by atomic mass is 10.0. The van der Waals surface area contributed by atoms with Gasteiger partial charge in [0.2, 0.25) is 5.75 Å². The molecule has 1 atom stereocenters. The summed E-state index contributed by atoms with van der Waals surface area (Å²) in [6.07, 6.45) is -0.381. The van der Waals surface area contributed by atoms with Crippen LogP contribution < -0.4 is 42.4 Å². The Balaban J connectivity index is 0.00000432. The first-order valence-electron chi connectivity index (χ1n) is 10.1. The van der Waals surface area contributed by atoms with Gasteiger partial charge in [0.05, 0.1) is 39.8 Å². The molecule has 3 aromatic rings. The highest BCUT2D eigenvalue weighted by molar-refractivity contribution is 7.04. The van der Waals surface area contributed by atoms with Crippen molar-refractivity contribution in [3.05, 3.63) is 35.7 Å². The lowest BCUT2D eigenvalue weighted by Crippen LogP contribution is -3.00. The van der Waals surface area contributed by atoms with Crippen molar-refractivity contribution >= 4 is 29.1 Å². The van der Waals surface area contributed by atoms with Gasteiger partial charge in [0.15, 0.2) is 17.5 Å². The Morgan fingerprint density at radius 1 is 1.00 bits per heavy atom. The van der Waals surface area contributed by atoms with E-state index in [1.165, 1.54) is 25.8 Å². The Bertz CT molecular complexity index is 1180. The van der Waals surface area contributed by atoms with Crippen molar-refractivity contribution < 1.29 is 51.8 Å². The van der Waals surface area contributed by atoms with Crippen LogP contribution >= 0.6 is 11.5 Å². The van der Waals surface area contributed by atoms with Crippen molar-refractivity contribution in [2.45, 2.75) is 12.5 Å². The predicted octanol–water partition coefficient (Wildman–Crippen LogP) is -0.461. The van der Waals surface area contributed by atoms with Crippen LogP contribution in [0.1, 0.15) is 6.42 Å². The molecule has 1 aromatic heterocycles. The van der Waals surface area contributed by atoms with Crippen LogP contribution in [0.15, 0.2) is 35.7 Å². The largest absolute Gasteiger partial charge is 1.00 e. The van der Waals surface area contributed by atoms with E-state index >= 15 is 0 Å². The van der Waals surface area contributed by atoms with Crippen LogP contribution in [0.4, 0.5) is 5.69 Å². The number of carboxylic acid groups (broad SMARTS) is 1. The van der Waals surface area contributed by atoms with Gasteiger partial charge in [-0.2, -0.15) is 4.37 Å². The van der Waals surface area contributed by atoms with Crippen LogP contribution in [-0.4, -0.2) is 55.8 Å². The Morgan fingerprint density at radius 3 is 2.17 bits per heavy atom. The van der Waals surface area contributed by atoms with Crippen molar-refractivity contribution in [1.82, 2.24) is 4.37 Å². The Labute approximate surface area is 212 Å². The normalized spacial score (nSPS) is 11.1. The zero-order chi connectivity index (χ0) is 24.8. The summed E-state index contributed by atoms with van der Waals surface area (Å²) in [5, 5.41) is 13.5. The average molecular weight is 524 g/mol. The van der Waals surface area contributed by atoms with Crippen LogP contribution in [0.2, 0.25) is 0 Å². The highest BCUT2D eigenvalue weighted by Crippen LogP contribution is 2.44. The summed E-state index contributed by atoms with van der Waals surface area (Å²) < 4.78 is 26.3. The van der Waals surface area contributed by atoms with Gasteiger partial charge in [0, 0.05) is 16.5 Å². The van der Waals surface area contributed by atoms with E-state index < -0.39 is 17.9 Å². The van der Waals surface area contributed by atoms with Gasteiger partial charge in [0.25, 0.3) is 5.91 Å². The van der Waals surface area contributed by atoms with E-state index in [2.05, 4.69) is 15.4 Å². The lowest BCUT2D eigenvalue weighted by molar-refractivity contribution is -0.401. The molecule has 0 bridgehead atoms. The fraction of sp³-hybridized carbons (Fsp3) is 0.261. The highest BCUT2D eigenvalue weighted by Gasteiger charge is 2.23. The minimum atomic E-state index is -1.10. The molecule has 10 nitrogen and oxygen atoms in total. The number of nitrogens with one attached hydrogen (secondary N) is 1. The molecule has 0 spiro atoms. The van der Waals surface area contributed by atoms with Gasteiger partial charge in [-0.1, -0.05) is 6.07 Å². The Kier molecular flexibility index (Phi) is 9.69. The quantitative estimate of drug-likeness (QED) is 0.324. The highest BCUT2D eigenvalue weighted by atomic mass is 35.5. The van der Waals surface area contributed by atoms with E-state index in [4.69, 9.17) is 24.1 Å². The molecule has 0 aliphatic rings. The van der Waals surface area contributed by atoms with Crippen LogP contribution in [0.5, 0.6) is 23.0 Å². The smallest absolute Gasteiger partial charge is 0.309 e. The van der Waals surface area contributed by atoms with Gasteiger partial charge in [-0.3, -0.25) is 9.59 Å². The van der Waals surface area contributed by atoms with Crippen LogP contribution in [0, 0.1) is 0 Å². The molecule has 188 valence electrons. The van der Waals surface area contributed by atoms with Gasteiger partial charge in [-0.25, -0.2) is 0 Å².